The minimum absolute atomic E-state index is 0.907. The Morgan fingerprint density at radius 2 is 2.15 bits per heavy atom. The molecule has 2 nitrogen and oxygen atoms in total. The molecule has 0 saturated carbocycles. The lowest BCUT2D eigenvalue weighted by Crippen LogP contribution is -2.24. The number of aryl methyl sites for hydroxylation is 1. The Kier molecular flexibility index (Phi) is 2.06. The zero-order valence-electron chi connectivity index (χ0n) is 7.65. The Morgan fingerprint density at radius 3 is 2.92 bits per heavy atom. The lowest BCUT2D eigenvalue weighted by atomic mass is 10.1. The molecule has 0 aromatic heterocycles. The normalized spacial score (nSPS) is 20.2. The second kappa shape index (κ2) is 3.09. The third-order valence-corrected chi connectivity index (χ3v) is 3.46. The molecule has 0 bridgehead atoms. The summed E-state index contributed by atoms with van der Waals surface area (Å²) in [5.74, 6) is 0. The fraction of sp³-hybridized carbons (Fsp3) is 0.200. The molecule has 0 radical (unpaired) electrons. The van der Waals surface area contributed by atoms with Crippen LogP contribution in [0.3, 0.4) is 0 Å². The summed E-state index contributed by atoms with van der Waals surface area (Å²) in [5, 5.41) is 0. The molecule has 1 aliphatic heterocycles. The highest BCUT2D eigenvalue weighted by Crippen LogP contribution is 2.26. The van der Waals surface area contributed by atoms with Crippen molar-refractivity contribution in [3.05, 3.63) is 35.5 Å². The lowest BCUT2D eigenvalue weighted by molar-refractivity contribution is 0.536. The first kappa shape index (κ1) is 8.66. The van der Waals surface area contributed by atoms with E-state index < -0.39 is 11.4 Å². The molecular weight excluding hydrogens is 182 g/mol. The van der Waals surface area contributed by atoms with Gasteiger partial charge in [-0.15, -0.1) is 0 Å². The highest BCUT2D eigenvalue weighted by atomic mass is 32.2. The number of hydrogen-bond acceptors (Lipinski definition) is 2. The number of benzene rings is 1. The first-order valence-electron chi connectivity index (χ1n) is 4.12. The molecule has 1 aromatic carbocycles. The maximum absolute atomic E-state index is 11.8. The van der Waals surface area contributed by atoms with Crippen LogP contribution in [-0.4, -0.2) is 15.9 Å². The highest BCUT2D eigenvalue weighted by molar-refractivity contribution is 7.89. The summed E-state index contributed by atoms with van der Waals surface area (Å²) in [6, 6.07) is 6.02. The van der Waals surface area contributed by atoms with Crippen LogP contribution < -0.4 is 0 Å². The SMILES string of the molecule is Cc1ccc2c(c1)[S+]([O-])N(C)C=C2. The van der Waals surface area contributed by atoms with Gasteiger partial charge in [0.25, 0.3) is 0 Å². The van der Waals surface area contributed by atoms with Gasteiger partial charge >= 0.3 is 0 Å². The Balaban J connectivity index is 2.54. The average Bonchev–Trinajstić information content (AvgIpc) is 2.12. The van der Waals surface area contributed by atoms with E-state index in [1.165, 1.54) is 0 Å². The molecule has 3 heteroatoms. The molecule has 1 unspecified atom stereocenters. The van der Waals surface area contributed by atoms with Crippen molar-refractivity contribution in [1.29, 1.82) is 0 Å². The quantitative estimate of drug-likeness (QED) is 0.588. The van der Waals surface area contributed by atoms with Crippen LogP contribution in [0.15, 0.2) is 29.3 Å². The lowest BCUT2D eigenvalue weighted by Gasteiger charge is -2.22. The van der Waals surface area contributed by atoms with Crippen molar-refractivity contribution in [1.82, 2.24) is 4.31 Å². The van der Waals surface area contributed by atoms with Gasteiger partial charge in [0.1, 0.15) is 11.4 Å². The molecule has 0 aliphatic carbocycles. The zero-order valence-corrected chi connectivity index (χ0v) is 8.47. The van der Waals surface area contributed by atoms with E-state index in [1.54, 1.807) is 4.31 Å². The van der Waals surface area contributed by atoms with Gasteiger partial charge in [0.2, 0.25) is 0 Å². The van der Waals surface area contributed by atoms with Crippen molar-refractivity contribution in [2.45, 2.75) is 11.8 Å². The second-order valence-electron chi connectivity index (χ2n) is 3.15. The van der Waals surface area contributed by atoms with Gasteiger partial charge in [-0.3, -0.25) is 0 Å². The Hall–Kier alpha value is -0.930. The van der Waals surface area contributed by atoms with Crippen LogP contribution in [0.5, 0.6) is 0 Å². The van der Waals surface area contributed by atoms with Crippen LogP contribution in [0.1, 0.15) is 11.1 Å². The van der Waals surface area contributed by atoms with E-state index in [-0.39, 0.29) is 0 Å². The summed E-state index contributed by atoms with van der Waals surface area (Å²) in [5.41, 5.74) is 2.21. The largest absolute Gasteiger partial charge is 0.588 e. The fourth-order valence-corrected chi connectivity index (χ4v) is 2.43. The summed E-state index contributed by atoms with van der Waals surface area (Å²) in [7, 11) is 1.82. The number of rotatable bonds is 0. The van der Waals surface area contributed by atoms with Crippen molar-refractivity contribution < 1.29 is 4.55 Å². The Morgan fingerprint density at radius 1 is 1.38 bits per heavy atom. The molecule has 2 rings (SSSR count). The van der Waals surface area contributed by atoms with E-state index in [1.807, 2.05) is 44.4 Å². The van der Waals surface area contributed by atoms with Crippen LogP contribution in [0.4, 0.5) is 0 Å². The van der Waals surface area contributed by atoms with Gasteiger partial charge in [0, 0.05) is 11.8 Å². The highest BCUT2D eigenvalue weighted by Gasteiger charge is 2.22. The molecule has 1 aromatic rings. The standard InChI is InChI=1S/C10H11NOS/c1-8-3-4-9-5-6-11(2)13(12)10(9)7-8/h3-7H,1-2H3. The maximum atomic E-state index is 11.8. The molecular formula is C10H11NOS. The molecule has 0 fully saturated rings. The molecule has 0 N–H and O–H groups in total. The molecule has 13 heavy (non-hydrogen) atoms. The molecule has 1 aliphatic rings. The molecule has 68 valence electrons. The minimum atomic E-state index is -1.02. The van der Waals surface area contributed by atoms with Crippen molar-refractivity contribution in [2.24, 2.45) is 0 Å². The molecule has 0 saturated heterocycles. The predicted molar refractivity (Wildman–Crippen MR) is 54.4 cm³/mol. The van der Waals surface area contributed by atoms with Crippen molar-refractivity contribution in [3.8, 4) is 0 Å². The number of hydrogen-bond donors (Lipinski definition) is 0. The topological polar surface area (TPSA) is 26.3 Å². The summed E-state index contributed by atoms with van der Waals surface area (Å²) >= 11 is -1.02. The summed E-state index contributed by atoms with van der Waals surface area (Å²) in [6.07, 6.45) is 3.82. The Labute approximate surface area is 81.2 Å². The van der Waals surface area contributed by atoms with Gasteiger partial charge < -0.3 is 4.55 Å². The van der Waals surface area contributed by atoms with Crippen LogP contribution in [0, 0.1) is 6.92 Å². The maximum Gasteiger partial charge on any atom is 0.187 e. The van der Waals surface area contributed by atoms with Crippen molar-refractivity contribution in [2.75, 3.05) is 7.05 Å². The third-order valence-electron chi connectivity index (χ3n) is 2.08. The Bertz CT molecular complexity index is 362. The van der Waals surface area contributed by atoms with E-state index >= 15 is 0 Å². The van der Waals surface area contributed by atoms with Crippen LogP contribution in [-0.2, 0) is 11.4 Å². The van der Waals surface area contributed by atoms with Gasteiger partial charge in [-0.05, 0) is 30.7 Å². The third kappa shape index (κ3) is 1.45. The minimum Gasteiger partial charge on any atom is -0.588 e. The molecule has 1 atom stereocenters. The van der Waals surface area contributed by atoms with E-state index in [2.05, 4.69) is 0 Å². The van der Waals surface area contributed by atoms with Gasteiger partial charge in [-0.25, -0.2) is 4.31 Å². The van der Waals surface area contributed by atoms with E-state index in [0.717, 1.165) is 16.0 Å². The van der Waals surface area contributed by atoms with Gasteiger partial charge in [0.05, 0.1) is 7.05 Å². The van der Waals surface area contributed by atoms with E-state index in [0.29, 0.717) is 0 Å². The van der Waals surface area contributed by atoms with Crippen molar-refractivity contribution >= 4 is 17.4 Å². The van der Waals surface area contributed by atoms with Crippen LogP contribution >= 0.6 is 0 Å². The van der Waals surface area contributed by atoms with Gasteiger partial charge in [-0.1, -0.05) is 6.07 Å². The molecule has 1 heterocycles. The molecule has 0 amide bonds. The summed E-state index contributed by atoms with van der Waals surface area (Å²) in [4.78, 5) is 0.907. The number of fused-ring (bicyclic) bond motifs is 1. The number of nitrogens with zero attached hydrogens (tertiary/aromatic N) is 1. The second-order valence-corrected chi connectivity index (χ2v) is 4.67. The van der Waals surface area contributed by atoms with E-state index in [4.69, 9.17) is 0 Å². The summed E-state index contributed by atoms with van der Waals surface area (Å²) in [6.45, 7) is 2.01. The summed E-state index contributed by atoms with van der Waals surface area (Å²) < 4.78 is 13.5. The van der Waals surface area contributed by atoms with Gasteiger partial charge in [-0.2, -0.15) is 0 Å². The molecule has 0 spiro atoms. The van der Waals surface area contributed by atoms with Gasteiger partial charge in [0.15, 0.2) is 4.90 Å². The smallest absolute Gasteiger partial charge is 0.187 e. The monoisotopic (exact) mass is 193 g/mol. The predicted octanol–water partition coefficient (Wildman–Crippen LogP) is 1.93. The van der Waals surface area contributed by atoms with E-state index in [9.17, 15) is 4.55 Å². The first-order chi connectivity index (χ1) is 6.18. The first-order valence-corrected chi connectivity index (χ1v) is 5.23. The van der Waals surface area contributed by atoms with Crippen LogP contribution in [0.2, 0.25) is 0 Å². The average molecular weight is 193 g/mol. The zero-order chi connectivity index (χ0) is 9.42. The fourth-order valence-electron chi connectivity index (χ4n) is 1.33. The van der Waals surface area contributed by atoms with Crippen LogP contribution in [0.25, 0.3) is 6.08 Å². The van der Waals surface area contributed by atoms with Crippen molar-refractivity contribution in [3.63, 3.8) is 0 Å².